The molecule has 0 bridgehead atoms. The van der Waals surface area contributed by atoms with Crippen molar-refractivity contribution in [3.63, 3.8) is 0 Å². The molecule has 10 heteroatoms. The molecule has 1 aromatic carbocycles. The van der Waals surface area contributed by atoms with Gasteiger partial charge in [0.15, 0.2) is 5.65 Å². The molecule has 1 saturated heterocycles. The maximum absolute atomic E-state index is 13.1. The van der Waals surface area contributed by atoms with E-state index in [1.807, 2.05) is 6.07 Å². The van der Waals surface area contributed by atoms with Crippen LogP contribution in [-0.4, -0.2) is 42.6 Å². The first-order valence-electron chi connectivity index (χ1n) is 10.0. The Kier molecular flexibility index (Phi) is 4.73. The van der Waals surface area contributed by atoms with Crippen molar-refractivity contribution in [1.82, 2.24) is 29.5 Å². The van der Waals surface area contributed by atoms with Crippen LogP contribution in [-0.2, 0) is 12.7 Å². The Hall–Kier alpha value is -3.27. The molecule has 160 valence electrons. The molecule has 4 aromatic rings. The van der Waals surface area contributed by atoms with Gasteiger partial charge >= 0.3 is 6.18 Å². The first-order chi connectivity index (χ1) is 14.9. The van der Waals surface area contributed by atoms with E-state index in [0.29, 0.717) is 41.3 Å². The summed E-state index contributed by atoms with van der Waals surface area (Å²) >= 11 is 0. The number of aromatic nitrogens is 5. The molecule has 5 rings (SSSR count). The molecule has 1 aliphatic heterocycles. The number of benzene rings is 1. The third-order valence-electron chi connectivity index (χ3n) is 5.66. The lowest BCUT2D eigenvalue weighted by molar-refractivity contribution is -0.137. The lowest BCUT2D eigenvalue weighted by Crippen LogP contribution is -2.35. The lowest BCUT2D eigenvalue weighted by atomic mass is 9.97. The van der Waals surface area contributed by atoms with Crippen molar-refractivity contribution in [3.8, 4) is 0 Å². The molecule has 31 heavy (non-hydrogen) atoms. The molecule has 7 nitrogen and oxygen atoms in total. The number of piperidine rings is 1. The van der Waals surface area contributed by atoms with Gasteiger partial charge < -0.3 is 4.98 Å². The first-order valence-corrected chi connectivity index (χ1v) is 10.0. The number of likely N-dealkylation sites (tertiary alicyclic amines) is 1. The number of fused-ring (bicyclic) bond motifs is 2. The third kappa shape index (κ3) is 3.78. The highest BCUT2D eigenvalue weighted by atomic mass is 19.4. The van der Waals surface area contributed by atoms with Gasteiger partial charge in [-0.25, -0.2) is 4.98 Å². The molecule has 3 aromatic heterocycles. The van der Waals surface area contributed by atoms with Crippen molar-refractivity contribution in [1.29, 1.82) is 0 Å². The highest BCUT2D eigenvalue weighted by Gasteiger charge is 2.32. The molecular formula is C21H19F3N6O. The van der Waals surface area contributed by atoms with E-state index in [1.165, 1.54) is 10.5 Å². The molecule has 0 radical (unpaired) electrons. The number of hydrogen-bond acceptors (Lipinski definition) is 5. The summed E-state index contributed by atoms with van der Waals surface area (Å²) in [4.78, 5) is 21.8. The van der Waals surface area contributed by atoms with Crippen LogP contribution in [0.4, 0.5) is 13.2 Å². The molecule has 0 amide bonds. The predicted octanol–water partition coefficient (Wildman–Crippen LogP) is 3.36. The average molecular weight is 428 g/mol. The molecule has 1 aliphatic rings. The monoisotopic (exact) mass is 428 g/mol. The molecule has 4 heterocycles. The zero-order valence-electron chi connectivity index (χ0n) is 16.4. The van der Waals surface area contributed by atoms with Gasteiger partial charge in [-0.05, 0) is 43.7 Å². The van der Waals surface area contributed by atoms with Gasteiger partial charge in [0.2, 0.25) is 0 Å². The zero-order chi connectivity index (χ0) is 21.6. The SMILES string of the molecule is O=c1[nH]c(CN2CCCC(c3nnc4ccc(C(F)(F)F)cn34)C2)nc2ccccc12. The van der Waals surface area contributed by atoms with E-state index >= 15 is 0 Å². The predicted molar refractivity (Wildman–Crippen MR) is 108 cm³/mol. The zero-order valence-corrected chi connectivity index (χ0v) is 16.4. The summed E-state index contributed by atoms with van der Waals surface area (Å²) in [5, 5.41) is 8.76. The minimum absolute atomic E-state index is 0.0700. The van der Waals surface area contributed by atoms with Crippen LogP contribution >= 0.6 is 0 Å². The van der Waals surface area contributed by atoms with E-state index in [2.05, 4.69) is 25.1 Å². The van der Waals surface area contributed by atoms with Crippen molar-refractivity contribution in [2.75, 3.05) is 13.1 Å². The highest BCUT2D eigenvalue weighted by Crippen LogP contribution is 2.31. The highest BCUT2D eigenvalue weighted by molar-refractivity contribution is 5.77. The Labute approximate surface area is 174 Å². The molecule has 0 saturated carbocycles. The van der Waals surface area contributed by atoms with Crippen molar-refractivity contribution >= 4 is 16.6 Å². The molecule has 1 N–H and O–H groups in total. The number of alkyl halides is 3. The Balaban J connectivity index is 1.40. The van der Waals surface area contributed by atoms with E-state index in [9.17, 15) is 18.0 Å². The molecule has 0 spiro atoms. The maximum Gasteiger partial charge on any atom is 0.417 e. The van der Waals surface area contributed by atoms with Gasteiger partial charge in [-0.15, -0.1) is 10.2 Å². The van der Waals surface area contributed by atoms with Crippen molar-refractivity contribution < 1.29 is 13.2 Å². The van der Waals surface area contributed by atoms with Gasteiger partial charge in [-0.2, -0.15) is 13.2 Å². The van der Waals surface area contributed by atoms with Crippen LogP contribution in [0.5, 0.6) is 0 Å². The van der Waals surface area contributed by atoms with Crippen LogP contribution in [0, 0.1) is 0 Å². The van der Waals surface area contributed by atoms with Crippen LogP contribution in [0.15, 0.2) is 47.4 Å². The summed E-state index contributed by atoms with van der Waals surface area (Å²) in [7, 11) is 0. The minimum atomic E-state index is -4.43. The summed E-state index contributed by atoms with van der Waals surface area (Å²) in [6.07, 6.45) is -1.71. The second kappa shape index (κ2) is 7.45. The molecule has 1 atom stereocenters. The van der Waals surface area contributed by atoms with Gasteiger partial charge in [0.05, 0.1) is 23.0 Å². The molecule has 1 unspecified atom stereocenters. The summed E-state index contributed by atoms with van der Waals surface area (Å²) in [5.74, 6) is 1.01. The normalized spacial score (nSPS) is 18.1. The first kappa shape index (κ1) is 19.7. The van der Waals surface area contributed by atoms with E-state index < -0.39 is 11.7 Å². The van der Waals surface area contributed by atoms with Crippen LogP contribution in [0.3, 0.4) is 0 Å². The maximum atomic E-state index is 13.1. The van der Waals surface area contributed by atoms with E-state index in [-0.39, 0.29) is 11.5 Å². The van der Waals surface area contributed by atoms with Gasteiger partial charge in [-0.1, -0.05) is 12.1 Å². The number of nitrogens with one attached hydrogen (secondary N) is 1. The van der Waals surface area contributed by atoms with E-state index in [0.717, 1.165) is 31.6 Å². The largest absolute Gasteiger partial charge is 0.417 e. The number of H-pyrrole nitrogens is 1. The number of pyridine rings is 1. The topological polar surface area (TPSA) is 79.2 Å². The molecule has 0 aliphatic carbocycles. The number of hydrogen-bond donors (Lipinski definition) is 1. The molecular weight excluding hydrogens is 409 g/mol. The summed E-state index contributed by atoms with van der Waals surface area (Å²) in [5.41, 5.74) is 0.113. The fraction of sp³-hybridized carbons (Fsp3) is 0.333. The Morgan fingerprint density at radius 3 is 2.81 bits per heavy atom. The summed E-state index contributed by atoms with van der Waals surface area (Å²) in [6, 6.07) is 9.51. The minimum Gasteiger partial charge on any atom is -0.309 e. The van der Waals surface area contributed by atoms with E-state index in [4.69, 9.17) is 0 Å². The molecule has 1 fully saturated rings. The average Bonchev–Trinajstić information content (AvgIpc) is 3.17. The number of aromatic amines is 1. The Morgan fingerprint density at radius 2 is 1.97 bits per heavy atom. The lowest BCUT2D eigenvalue weighted by Gasteiger charge is -2.31. The summed E-state index contributed by atoms with van der Waals surface area (Å²) in [6.45, 7) is 1.84. The van der Waals surface area contributed by atoms with Crippen LogP contribution < -0.4 is 5.56 Å². The Morgan fingerprint density at radius 1 is 1.13 bits per heavy atom. The smallest absolute Gasteiger partial charge is 0.309 e. The fourth-order valence-corrected chi connectivity index (χ4v) is 4.19. The van der Waals surface area contributed by atoms with Crippen molar-refractivity contribution in [2.24, 2.45) is 0 Å². The van der Waals surface area contributed by atoms with Crippen LogP contribution in [0.1, 0.15) is 36.0 Å². The standard InChI is InChI=1S/C21H19F3N6O/c22-21(23,24)14-7-8-18-27-28-19(30(18)11-14)13-4-3-9-29(10-13)12-17-25-16-6-2-1-5-15(16)20(31)26-17/h1-2,5-8,11,13H,3-4,9-10,12H2,(H,25,26,31). The van der Waals surface area contributed by atoms with Crippen LogP contribution in [0.25, 0.3) is 16.6 Å². The van der Waals surface area contributed by atoms with Crippen molar-refractivity contribution in [3.05, 3.63) is 70.2 Å². The van der Waals surface area contributed by atoms with Crippen molar-refractivity contribution in [2.45, 2.75) is 31.5 Å². The van der Waals surface area contributed by atoms with Gasteiger partial charge in [0.25, 0.3) is 5.56 Å². The number of halogens is 3. The van der Waals surface area contributed by atoms with E-state index in [1.54, 1.807) is 18.2 Å². The quantitative estimate of drug-likeness (QED) is 0.541. The number of rotatable bonds is 3. The van der Waals surface area contributed by atoms with Gasteiger partial charge in [-0.3, -0.25) is 14.1 Å². The number of para-hydroxylation sites is 1. The van der Waals surface area contributed by atoms with Gasteiger partial charge in [0.1, 0.15) is 11.6 Å². The second-order valence-corrected chi connectivity index (χ2v) is 7.81. The van der Waals surface area contributed by atoms with Crippen LogP contribution in [0.2, 0.25) is 0 Å². The number of nitrogens with zero attached hydrogens (tertiary/aromatic N) is 5. The summed E-state index contributed by atoms with van der Waals surface area (Å²) < 4.78 is 40.9. The van der Waals surface area contributed by atoms with Gasteiger partial charge in [0, 0.05) is 18.7 Å². The third-order valence-corrected chi connectivity index (χ3v) is 5.66. The Bertz CT molecular complexity index is 1310. The second-order valence-electron chi connectivity index (χ2n) is 7.81. The fourth-order valence-electron chi connectivity index (χ4n) is 4.19.